The summed E-state index contributed by atoms with van der Waals surface area (Å²) in [6, 6.07) is 3.70. The molecule has 0 spiro atoms. The molecule has 0 aliphatic heterocycles. The van der Waals surface area contributed by atoms with Crippen molar-refractivity contribution in [3.05, 3.63) is 24.0 Å². The van der Waals surface area contributed by atoms with Crippen molar-refractivity contribution in [2.45, 2.75) is 19.8 Å². The summed E-state index contributed by atoms with van der Waals surface area (Å²) in [4.78, 5) is 4.16. The van der Waals surface area contributed by atoms with Crippen LogP contribution in [0.5, 0.6) is 0 Å². The normalized spacial score (nSPS) is 9.36. The summed E-state index contributed by atoms with van der Waals surface area (Å²) in [6.07, 6.45) is 1.74. The van der Waals surface area contributed by atoms with Crippen molar-refractivity contribution in [1.82, 2.24) is 4.98 Å². The van der Waals surface area contributed by atoms with E-state index in [-0.39, 0.29) is 12.4 Å². The second kappa shape index (κ2) is 4.19. The molecule has 2 N–H and O–H groups in total. The highest BCUT2D eigenvalue weighted by molar-refractivity contribution is 5.85. The molecule has 0 unspecified atom stereocenters. The molecule has 1 aromatic heterocycles. The van der Waals surface area contributed by atoms with Gasteiger partial charge in [-0.3, -0.25) is 4.98 Å². The number of nitrogens with zero attached hydrogens (tertiary/aromatic N) is 1. The van der Waals surface area contributed by atoms with E-state index in [0.29, 0.717) is 5.92 Å². The van der Waals surface area contributed by atoms with Gasteiger partial charge in [-0.15, -0.1) is 12.4 Å². The van der Waals surface area contributed by atoms with Crippen molar-refractivity contribution in [1.29, 1.82) is 0 Å². The van der Waals surface area contributed by atoms with Crippen molar-refractivity contribution in [2.75, 3.05) is 5.73 Å². The van der Waals surface area contributed by atoms with E-state index in [1.807, 2.05) is 6.07 Å². The van der Waals surface area contributed by atoms with Crippen molar-refractivity contribution in [3.8, 4) is 0 Å². The van der Waals surface area contributed by atoms with Crippen LogP contribution in [-0.4, -0.2) is 4.98 Å². The summed E-state index contributed by atoms with van der Waals surface area (Å²) in [5, 5.41) is 0. The maximum Gasteiger partial charge on any atom is 0.0449 e. The first kappa shape index (κ1) is 10.2. The van der Waals surface area contributed by atoms with Crippen molar-refractivity contribution in [2.24, 2.45) is 0 Å². The number of hydrogen-bond acceptors (Lipinski definition) is 2. The first-order chi connectivity index (χ1) is 4.70. The van der Waals surface area contributed by atoms with Crippen LogP contribution >= 0.6 is 12.4 Å². The van der Waals surface area contributed by atoms with Crippen LogP contribution in [0, 0.1) is 0 Å². The van der Waals surface area contributed by atoms with E-state index in [9.17, 15) is 0 Å². The summed E-state index contributed by atoms with van der Waals surface area (Å²) in [6.45, 7) is 4.20. The maximum atomic E-state index is 5.56. The van der Waals surface area contributed by atoms with Crippen LogP contribution < -0.4 is 5.73 Å². The lowest BCUT2D eigenvalue weighted by molar-refractivity contribution is 0.824. The molecule has 0 saturated carbocycles. The Labute approximate surface area is 73.2 Å². The van der Waals surface area contributed by atoms with Gasteiger partial charge in [0.15, 0.2) is 0 Å². The zero-order chi connectivity index (χ0) is 7.56. The third kappa shape index (κ3) is 2.76. The average Bonchev–Trinajstić information content (AvgIpc) is 1.88. The molecule has 0 aliphatic rings. The Hall–Kier alpha value is -0.760. The van der Waals surface area contributed by atoms with Gasteiger partial charge in [0, 0.05) is 17.6 Å². The van der Waals surface area contributed by atoms with Crippen LogP contribution in [0.1, 0.15) is 25.5 Å². The summed E-state index contributed by atoms with van der Waals surface area (Å²) in [5.74, 6) is 0.462. The van der Waals surface area contributed by atoms with Crippen molar-refractivity contribution < 1.29 is 0 Å². The molecule has 2 nitrogen and oxygen atoms in total. The molecule has 0 amide bonds. The quantitative estimate of drug-likeness (QED) is 0.706. The van der Waals surface area contributed by atoms with Crippen molar-refractivity contribution >= 4 is 18.1 Å². The Morgan fingerprint density at radius 1 is 1.45 bits per heavy atom. The second-order valence-electron chi connectivity index (χ2n) is 2.67. The lowest BCUT2D eigenvalue weighted by atomic mass is 10.1. The first-order valence-corrected chi connectivity index (χ1v) is 3.41. The number of hydrogen-bond donors (Lipinski definition) is 1. The number of aromatic nitrogens is 1. The molecule has 0 aromatic carbocycles. The van der Waals surface area contributed by atoms with Gasteiger partial charge in [-0.1, -0.05) is 13.8 Å². The van der Waals surface area contributed by atoms with Gasteiger partial charge >= 0.3 is 0 Å². The summed E-state index contributed by atoms with van der Waals surface area (Å²) >= 11 is 0. The van der Waals surface area contributed by atoms with Gasteiger partial charge in [-0.05, 0) is 18.1 Å². The standard InChI is InChI=1S/C8H12N2.ClH/c1-6(2)8-5-7(9)3-4-10-8;/h3-6H,1-2H3,(H2,9,10);1H. The van der Waals surface area contributed by atoms with Crippen LogP contribution in [0.25, 0.3) is 0 Å². The minimum Gasteiger partial charge on any atom is -0.399 e. The molecule has 0 aliphatic carbocycles. The molecule has 3 heteroatoms. The highest BCUT2D eigenvalue weighted by Crippen LogP contribution is 2.12. The summed E-state index contributed by atoms with van der Waals surface area (Å²) in [5.41, 5.74) is 7.40. The zero-order valence-electron chi connectivity index (χ0n) is 6.74. The molecule has 11 heavy (non-hydrogen) atoms. The Balaban J connectivity index is 0.000001000. The third-order valence-corrected chi connectivity index (χ3v) is 1.40. The lowest BCUT2D eigenvalue weighted by Crippen LogP contribution is -1.93. The fraction of sp³-hybridized carbons (Fsp3) is 0.375. The van der Waals surface area contributed by atoms with Crippen LogP contribution in [0.4, 0.5) is 5.69 Å². The predicted octanol–water partition coefficient (Wildman–Crippen LogP) is 2.21. The van der Waals surface area contributed by atoms with Crippen LogP contribution in [-0.2, 0) is 0 Å². The topological polar surface area (TPSA) is 38.9 Å². The minimum atomic E-state index is 0. The molecule has 0 saturated heterocycles. The van der Waals surface area contributed by atoms with Crippen LogP contribution in [0.3, 0.4) is 0 Å². The first-order valence-electron chi connectivity index (χ1n) is 3.41. The Morgan fingerprint density at radius 2 is 2.09 bits per heavy atom. The molecule has 0 radical (unpaired) electrons. The Morgan fingerprint density at radius 3 is 2.45 bits per heavy atom. The number of nitrogens with two attached hydrogens (primary N) is 1. The van der Waals surface area contributed by atoms with Crippen LogP contribution in [0.2, 0.25) is 0 Å². The number of rotatable bonds is 1. The molecular weight excluding hydrogens is 160 g/mol. The molecule has 1 aromatic rings. The molecule has 0 fully saturated rings. The van der Waals surface area contributed by atoms with E-state index >= 15 is 0 Å². The van der Waals surface area contributed by atoms with Gasteiger partial charge in [-0.25, -0.2) is 0 Å². The van der Waals surface area contributed by atoms with E-state index in [1.54, 1.807) is 12.3 Å². The smallest absolute Gasteiger partial charge is 0.0449 e. The molecule has 62 valence electrons. The summed E-state index contributed by atoms with van der Waals surface area (Å²) < 4.78 is 0. The van der Waals surface area contributed by atoms with Gasteiger partial charge in [0.25, 0.3) is 0 Å². The number of halogens is 1. The minimum absolute atomic E-state index is 0. The Kier molecular flexibility index (Phi) is 3.90. The molecule has 0 bridgehead atoms. The number of nitrogen functional groups attached to an aromatic ring is 1. The third-order valence-electron chi connectivity index (χ3n) is 1.40. The fourth-order valence-electron chi connectivity index (χ4n) is 0.781. The van der Waals surface area contributed by atoms with E-state index in [0.717, 1.165) is 11.4 Å². The van der Waals surface area contributed by atoms with E-state index in [4.69, 9.17) is 5.73 Å². The van der Waals surface area contributed by atoms with Gasteiger partial charge in [-0.2, -0.15) is 0 Å². The lowest BCUT2D eigenvalue weighted by Gasteiger charge is -2.02. The Bertz CT molecular complexity index is 223. The molecule has 1 rings (SSSR count). The largest absolute Gasteiger partial charge is 0.399 e. The summed E-state index contributed by atoms with van der Waals surface area (Å²) in [7, 11) is 0. The van der Waals surface area contributed by atoms with E-state index in [1.165, 1.54) is 0 Å². The monoisotopic (exact) mass is 172 g/mol. The van der Waals surface area contributed by atoms with E-state index in [2.05, 4.69) is 18.8 Å². The fourth-order valence-corrected chi connectivity index (χ4v) is 0.781. The number of anilines is 1. The molecule has 1 heterocycles. The highest BCUT2D eigenvalue weighted by Gasteiger charge is 1.98. The van der Waals surface area contributed by atoms with Gasteiger partial charge < -0.3 is 5.73 Å². The van der Waals surface area contributed by atoms with Gasteiger partial charge in [0.1, 0.15) is 0 Å². The van der Waals surface area contributed by atoms with E-state index < -0.39 is 0 Å². The average molecular weight is 173 g/mol. The predicted molar refractivity (Wildman–Crippen MR) is 50.0 cm³/mol. The highest BCUT2D eigenvalue weighted by atomic mass is 35.5. The second-order valence-corrected chi connectivity index (χ2v) is 2.67. The van der Waals surface area contributed by atoms with Gasteiger partial charge in [0.2, 0.25) is 0 Å². The number of pyridine rings is 1. The SMILES string of the molecule is CC(C)c1cc(N)ccn1.Cl. The van der Waals surface area contributed by atoms with Crippen molar-refractivity contribution in [3.63, 3.8) is 0 Å². The molecular formula is C8H13ClN2. The molecule has 0 atom stereocenters. The van der Waals surface area contributed by atoms with Crippen LogP contribution in [0.15, 0.2) is 18.3 Å². The maximum absolute atomic E-state index is 5.56. The zero-order valence-corrected chi connectivity index (χ0v) is 7.56. The van der Waals surface area contributed by atoms with Gasteiger partial charge in [0.05, 0.1) is 0 Å².